The number of halogens is 6. The van der Waals surface area contributed by atoms with Crippen LogP contribution in [-0.4, -0.2) is 69.7 Å². The van der Waals surface area contributed by atoms with Gasteiger partial charge in [0.1, 0.15) is 17.0 Å². The lowest BCUT2D eigenvalue weighted by Crippen LogP contribution is -2.36. The smallest absolute Gasteiger partial charge is 0.471 e. The second-order valence-corrected chi connectivity index (χ2v) is 13.0. The number of methoxy groups -OCH3 is 2. The maximum Gasteiger partial charge on any atom is 0.471 e. The number of H-pyrrole nitrogens is 2. The molecule has 0 unspecified atom stereocenters. The first kappa shape index (κ1) is 36.9. The van der Waals surface area contributed by atoms with Gasteiger partial charge >= 0.3 is 18.3 Å². The van der Waals surface area contributed by atoms with Crippen LogP contribution < -0.4 is 14.8 Å². The fraction of sp³-hybridized carbons (Fsp3) is 0.184. The van der Waals surface area contributed by atoms with E-state index in [4.69, 9.17) is 9.47 Å². The molecule has 9 aromatic rings. The minimum absolute atomic E-state index is 0.222. The SMILES string of the molecule is COc1ccc2c(c1)c(-c1cc3c(ncc4cnc(C(F)(F)F)n43)[nH]1)cn2C.COc1ccc2c(c1)c(-c1cc3nc(CNC(=O)C(F)(F)F)cnc3[nH]1)cn2C. The average Bonchev–Trinajstić information content (AvgIpc) is 4.01. The van der Waals surface area contributed by atoms with E-state index in [1.165, 1.54) is 18.6 Å². The minimum atomic E-state index is -4.94. The third kappa shape index (κ3) is 6.70. The summed E-state index contributed by atoms with van der Waals surface area (Å²) in [6.45, 7) is -0.368. The van der Waals surface area contributed by atoms with E-state index in [2.05, 4.69) is 29.9 Å². The van der Waals surface area contributed by atoms with E-state index >= 15 is 0 Å². The molecule has 7 aromatic heterocycles. The lowest BCUT2D eigenvalue weighted by molar-refractivity contribution is -0.173. The number of amides is 1. The number of aromatic nitrogens is 9. The van der Waals surface area contributed by atoms with Gasteiger partial charge in [-0.05, 0) is 48.5 Å². The topological polar surface area (TPSA) is 145 Å². The Morgan fingerprint density at radius 1 is 0.737 bits per heavy atom. The Hall–Kier alpha value is -7.05. The maximum absolute atomic E-state index is 13.4. The van der Waals surface area contributed by atoms with Crippen LogP contribution in [-0.2, 0) is 31.6 Å². The van der Waals surface area contributed by atoms with Gasteiger partial charge in [0.05, 0.1) is 67.5 Å². The van der Waals surface area contributed by atoms with Crippen molar-refractivity contribution >= 4 is 55.6 Å². The summed E-state index contributed by atoms with van der Waals surface area (Å²) in [6, 6.07) is 14.9. The number of hydrogen-bond donors (Lipinski definition) is 3. The predicted octanol–water partition coefficient (Wildman–Crippen LogP) is 7.70. The second kappa shape index (κ2) is 13.6. The highest BCUT2D eigenvalue weighted by Crippen LogP contribution is 2.36. The Morgan fingerprint density at radius 3 is 1.88 bits per heavy atom. The van der Waals surface area contributed by atoms with E-state index in [0.29, 0.717) is 33.8 Å². The highest BCUT2D eigenvalue weighted by Gasteiger charge is 2.38. The Balaban J connectivity index is 0.000000160. The van der Waals surface area contributed by atoms with Crippen molar-refractivity contribution in [3.05, 3.63) is 91.0 Å². The quantitative estimate of drug-likeness (QED) is 0.147. The lowest BCUT2D eigenvalue weighted by atomic mass is 10.1. The Bertz CT molecular complexity index is 2990. The highest BCUT2D eigenvalue weighted by atomic mass is 19.4. The van der Waals surface area contributed by atoms with Gasteiger partial charge in [0.25, 0.3) is 0 Å². The van der Waals surface area contributed by atoms with Crippen LogP contribution in [0.1, 0.15) is 11.5 Å². The number of hydrogen-bond acceptors (Lipinski definition) is 7. The van der Waals surface area contributed by atoms with Crippen molar-refractivity contribution in [1.82, 2.24) is 48.8 Å². The molecule has 2 aromatic carbocycles. The van der Waals surface area contributed by atoms with Crippen molar-refractivity contribution < 1.29 is 40.6 Å². The first-order valence-corrected chi connectivity index (χ1v) is 17.0. The van der Waals surface area contributed by atoms with Gasteiger partial charge in [0.2, 0.25) is 5.82 Å². The number of fused-ring (bicyclic) bond motifs is 6. The molecule has 0 atom stereocenters. The third-order valence-electron chi connectivity index (χ3n) is 9.43. The largest absolute Gasteiger partial charge is 0.497 e. The predicted molar refractivity (Wildman–Crippen MR) is 199 cm³/mol. The van der Waals surface area contributed by atoms with Gasteiger partial charge in [-0.25, -0.2) is 19.9 Å². The van der Waals surface area contributed by atoms with E-state index in [9.17, 15) is 31.1 Å². The number of nitrogens with zero attached hydrogens (tertiary/aromatic N) is 7. The van der Waals surface area contributed by atoms with Crippen molar-refractivity contribution in [2.24, 2.45) is 14.1 Å². The number of aryl methyl sites for hydroxylation is 2. The van der Waals surface area contributed by atoms with Gasteiger partial charge in [-0.2, -0.15) is 26.3 Å². The molecule has 0 aliphatic carbocycles. The fourth-order valence-electron chi connectivity index (χ4n) is 6.75. The van der Waals surface area contributed by atoms with Crippen LogP contribution >= 0.6 is 0 Å². The monoisotopic (exact) mass is 788 g/mol. The summed E-state index contributed by atoms with van der Waals surface area (Å²) in [7, 11) is 7.03. The summed E-state index contributed by atoms with van der Waals surface area (Å²) in [5.41, 5.74) is 7.32. The molecule has 0 saturated heterocycles. The number of alkyl halides is 6. The van der Waals surface area contributed by atoms with Crippen molar-refractivity contribution in [3.8, 4) is 34.0 Å². The molecule has 1 amide bonds. The summed E-state index contributed by atoms with van der Waals surface area (Å²) in [5.74, 6) is -1.57. The number of benzene rings is 2. The number of rotatable bonds is 6. The van der Waals surface area contributed by atoms with Crippen molar-refractivity contribution in [2.45, 2.75) is 18.9 Å². The fourth-order valence-corrected chi connectivity index (χ4v) is 6.75. The Kier molecular flexibility index (Phi) is 8.81. The van der Waals surface area contributed by atoms with Crippen LogP contribution in [0.5, 0.6) is 11.5 Å². The normalized spacial score (nSPS) is 12.2. The zero-order valence-corrected chi connectivity index (χ0v) is 30.3. The molecule has 19 heteroatoms. The maximum atomic E-state index is 13.4. The van der Waals surface area contributed by atoms with E-state index < -0.39 is 24.1 Å². The average molecular weight is 789 g/mol. The molecule has 0 aliphatic heterocycles. The van der Waals surface area contributed by atoms with E-state index in [1.54, 1.807) is 31.7 Å². The molecule has 0 aliphatic rings. The number of aromatic amines is 2. The lowest BCUT2D eigenvalue weighted by Gasteiger charge is -2.06. The zero-order chi connectivity index (χ0) is 40.4. The van der Waals surface area contributed by atoms with Crippen molar-refractivity contribution in [3.63, 3.8) is 0 Å². The van der Waals surface area contributed by atoms with Crippen LogP contribution in [0, 0.1) is 0 Å². The molecule has 292 valence electrons. The van der Waals surface area contributed by atoms with Crippen LogP contribution in [0.2, 0.25) is 0 Å². The van der Waals surface area contributed by atoms with Gasteiger partial charge in [-0.15, -0.1) is 0 Å². The van der Waals surface area contributed by atoms with E-state index in [0.717, 1.165) is 48.8 Å². The first-order chi connectivity index (χ1) is 27.1. The van der Waals surface area contributed by atoms with Crippen molar-refractivity contribution in [1.29, 1.82) is 0 Å². The van der Waals surface area contributed by atoms with Crippen LogP contribution in [0.4, 0.5) is 26.3 Å². The molecule has 0 bridgehead atoms. The standard InChI is InChI=1S/C19H16F3N5O2.C19H14F3N5O/c1-27-9-13(12-5-11(29-2)3-4-16(12)27)14-6-15-17(26-14)23-7-10(25-15)8-24-18(28)19(20,21)22;1-26-9-13(12-5-11(28-2)3-4-15(12)26)14-6-16-17(25-14)23-7-10-8-24-18(27(10)16)19(20,21)22/h3-7,9H,8H2,1-2H3,(H,23,26)(H,24,28);3-9,25H,1-2H3. The van der Waals surface area contributed by atoms with Gasteiger partial charge < -0.3 is 33.9 Å². The number of ether oxygens (including phenoxy) is 2. The number of carbonyl (C=O) groups excluding carboxylic acids is 1. The van der Waals surface area contributed by atoms with Crippen molar-refractivity contribution in [2.75, 3.05) is 14.2 Å². The molecule has 0 radical (unpaired) electrons. The number of nitrogens with one attached hydrogen (secondary N) is 3. The van der Waals surface area contributed by atoms with Crippen LogP contribution in [0.25, 0.3) is 72.2 Å². The number of imidazole rings is 1. The molecule has 0 saturated carbocycles. The second-order valence-electron chi connectivity index (χ2n) is 13.0. The molecule has 13 nitrogen and oxygen atoms in total. The molecule has 0 spiro atoms. The Morgan fingerprint density at radius 2 is 1.30 bits per heavy atom. The Labute approximate surface area is 316 Å². The van der Waals surface area contributed by atoms with Gasteiger partial charge in [-0.3, -0.25) is 9.20 Å². The highest BCUT2D eigenvalue weighted by molar-refractivity contribution is 5.99. The van der Waals surface area contributed by atoms with Gasteiger partial charge in [0.15, 0.2) is 11.3 Å². The summed E-state index contributed by atoms with van der Waals surface area (Å²) in [6.07, 6.45) is -1.75. The zero-order valence-electron chi connectivity index (χ0n) is 30.3. The molecule has 3 N–H and O–H groups in total. The number of carbonyl (C=O) groups is 1. The first-order valence-electron chi connectivity index (χ1n) is 17.0. The molecule has 7 heterocycles. The molecular weight excluding hydrogens is 758 g/mol. The third-order valence-corrected chi connectivity index (χ3v) is 9.43. The molecule has 57 heavy (non-hydrogen) atoms. The molecule has 0 fully saturated rings. The van der Waals surface area contributed by atoms with E-state index in [1.807, 2.05) is 72.0 Å². The minimum Gasteiger partial charge on any atom is -0.497 e. The molecular formula is C38H30F6N10O3. The van der Waals surface area contributed by atoms with Gasteiger partial charge in [-0.1, -0.05) is 0 Å². The van der Waals surface area contributed by atoms with E-state index in [-0.39, 0.29) is 17.8 Å². The summed E-state index contributed by atoms with van der Waals surface area (Å²) >= 11 is 0. The van der Waals surface area contributed by atoms with Gasteiger partial charge in [0, 0.05) is 59.4 Å². The van der Waals surface area contributed by atoms with Crippen LogP contribution in [0.15, 0.2) is 79.5 Å². The summed E-state index contributed by atoms with van der Waals surface area (Å²) in [5, 5.41) is 3.68. The molecule has 9 rings (SSSR count). The van der Waals surface area contributed by atoms with Crippen LogP contribution in [0.3, 0.4) is 0 Å². The summed E-state index contributed by atoms with van der Waals surface area (Å²) < 4.78 is 92.7. The summed E-state index contributed by atoms with van der Waals surface area (Å²) in [4.78, 5) is 33.6.